The number of ether oxygens (including phenoxy) is 1. The van der Waals surface area contributed by atoms with Crippen LogP contribution in [0, 0.1) is 0 Å². The van der Waals surface area contributed by atoms with Gasteiger partial charge in [0.15, 0.2) is 0 Å². The van der Waals surface area contributed by atoms with Gasteiger partial charge in [-0.2, -0.15) is 4.31 Å². The number of hydrogen-bond acceptors (Lipinski definition) is 4. The van der Waals surface area contributed by atoms with Crippen LogP contribution in [0.5, 0.6) is 0 Å². The lowest BCUT2D eigenvalue weighted by atomic mass is 10.2. The second-order valence-electron chi connectivity index (χ2n) is 5.22. The van der Waals surface area contributed by atoms with Crippen LogP contribution in [0.3, 0.4) is 0 Å². The number of nitrogens with zero attached hydrogens (tertiary/aromatic N) is 1. The molecule has 0 bridgehead atoms. The molecular formula is C14H21BrN2O3S. The maximum atomic E-state index is 12.6. The maximum absolute atomic E-state index is 12.6. The molecule has 0 aromatic heterocycles. The van der Waals surface area contributed by atoms with Crippen molar-refractivity contribution in [1.29, 1.82) is 0 Å². The van der Waals surface area contributed by atoms with Gasteiger partial charge in [-0.25, -0.2) is 8.42 Å². The van der Waals surface area contributed by atoms with Crippen molar-refractivity contribution in [2.45, 2.75) is 30.4 Å². The molecule has 1 aliphatic rings. The minimum Gasteiger partial charge on any atom is -0.377 e. The summed E-state index contributed by atoms with van der Waals surface area (Å²) in [5.74, 6) is 0. The van der Waals surface area contributed by atoms with Gasteiger partial charge in [-0.15, -0.1) is 0 Å². The van der Waals surface area contributed by atoms with E-state index in [2.05, 4.69) is 21.2 Å². The molecule has 0 saturated carbocycles. The predicted octanol–water partition coefficient (Wildman–Crippen LogP) is 1.97. The van der Waals surface area contributed by atoms with Crippen LogP contribution in [0.4, 0.5) is 0 Å². The summed E-state index contributed by atoms with van der Waals surface area (Å²) >= 11 is 3.37. The molecule has 1 N–H and O–H groups in total. The van der Waals surface area contributed by atoms with Crippen LogP contribution in [0.2, 0.25) is 0 Å². The van der Waals surface area contributed by atoms with Crippen LogP contribution in [-0.2, 0) is 21.3 Å². The van der Waals surface area contributed by atoms with Crippen LogP contribution < -0.4 is 5.32 Å². The van der Waals surface area contributed by atoms with Crippen molar-refractivity contribution in [3.05, 3.63) is 28.2 Å². The fraction of sp³-hybridized carbons (Fsp3) is 0.571. The number of sulfonamides is 1. The summed E-state index contributed by atoms with van der Waals surface area (Å²) in [6.45, 7) is 1.82. The third-order valence-electron chi connectivity index (χ3n) is 3.55. The van der Waals surface area contributed by atoms with Gasteiger partial charge in [-0.3, -0.25) is 0 Å². The number of benzene rings is 1. The zero-order valence-electron chi connectivity index (χ0n) is 12.3. The van der Waals surface area contributed by atoms with Crippen molar-refractivity contribution >= 4 is 26.0 Å². The van der Waals surface area contributed by atoms with Gasteiger partial charge in [-0.05, 0) is 53.5 Å². The van der Waals surface area contributed by atoms with Gasteiger partial charge in [0.2, 0.25) is 10.0 Å². The first kappa shape index (κ1) is 16.9. The van der Waals surface area contributed by atoms with Crippen molar-refractivity contribution in [1.82, 2.24) is 9.62 Å². The van der Waals surface area contributed by atoms with Gasteiger partial charge in [0.25, 0.3) is 0 Å². The maximum Gasteiger partial charge on any atom is 0.244 e. The van der Waals surface area contributed by atoms with Gasteiger partial charge in [0, 0.05) is 31.2 Å². The Morgan fingerprint density at radius 1 is 1.48 bits per heavy atom. The summed E-state index contributed by atoms with van der Waals surface area (Å²) in [6, 6.07) is 5.31. The van der Waals surface area contributed by atoms with E-state index in [0.29, 0.717) is 22.5 Å². The lowest BCUT2D eigenvalue weighted by Crippen LogP contribution is -2.34. The van der Waals surface area contributed by atoms with Gasteiger partial charge in [0.1, 0.15) is 0 Å². The summed E-state index contributed by atoms with van der Waals surface area (Å²) in [4.78, 5) is 0.294. The summed E-state index contributed by atoms with van der Waals surface area (Å²) in [5, 5.41) is 3.04. The minimum absolute atomic E-state index is 0.00659. The Morgan fingerprint density at radius 3 is 2.81 bits per heavy atom. The molecule has 1 unspecified atom stereocenters. The number of rotatable bonds is 6. The number of likely N-dealkylation sites (N-methyl/N-ethyl adjacent to an activating group) is 1. The van der Waals surface area contributed by atoms with Crippen molar-refractivity contribution in [3.8, 4) is 0 Å². The molecule has 1 aliphatic heterocycles. The first-order chi connectivity index (χ1) is 9.95. The Morgan fingerprint density at radius 2 is 2.24 bits per heavy atom. The zero-order valence-corrected chi connectivity index (χ0v) is 14.7. The molecule has 1 saturated heterocycles. The molecule has 1 aromatic rings. The van der Waals surface area contributed by atoms with E-state index in [1.165, 1.54) is 4.31 Å². The highest BCUT2D eigenvalue weighted by atomic mass is 79.9. The zero-order chi connectivity index (χ0) is 15.5. The molecule has 2 rings (SSSR count). The van der Waals surface area contributed by atoms with E-state index in [0.717, 1.165) is 25.0 Å². The minimum atomic E-state index is -3.50. The Bertz CT molecular complexity index is 586. The highest BCUT2D eigenvalue weighted by molar-refractivity contribution is 9.10. The van der Waals surface area contributed by atoms with Gasteiger partial charge in [-0.1, -0.05) is 6.07 Å². The molecule has 0 amide bonds. The average Bonchev–Trinajstić information content (AvgIpc) is 2.91. The standard InChI is InChI=1S/C14H21BrN2O3S/c1-16-9-11-5-6-14(13(15)8-11)21(18,19)17(2)10-12-4-3-7-20-12/h5-6,8,12,16H,3-4,7,9-10H2,1-2H3. The largest absolute Gasteiger partial charge is 0.377 e. The smallest absolute Gasteiger partial charge is 0.244 e. The Balaban J connectivity index is 2.17. The quantitative estimate of drug-likeness (QED) is 0.824. The third-order valence-corrected chi connectivity index (χ3v) is 6.35. The molecule has 7 heteroatoms. The molecule has 1 heterocycles. The first-order valence-electron chi connectivity index (χ1n) is 6.96. The van der Waals surface area contributed by atoms with E-state index in [9.17, 15) is 8.42 Å². The normalized spacial score (nSPS) is 19.3. The highest BCUT2D eigenvalue weighted by Crippen LogP contribution is 2.26. The number of hydrogen-bond donors (Lipinski definition) is 1. The first-order valence-corrected chi connectivity index (χ1v) is 9.19. The van der Waals surface area contributed by atoms with Crippen LogP contribution in [0.25, 0.3) is 0 Å². The molecular weight excluding hydrogens is 356 g/mol. The molecule has 0 radical (unpaired) electrons. The summed E-state index contributed by atoms with van der Waals surface area (Å²) < 4.78 is 32.7. The molecule has 0 aliphatic carbocycles. The molecule has 1 atom stereocenters. The van der Waals surface area contributed by atoms with Gasteiger partial charge < -0.3 is 10.1 Å². The van der Waals surface area contributed by atoms with Crippen LogP contribution in [-0.4, -0.2) is 46.1 Å². The second-order valence-corrected chi connectivity index (χ2v) is 8.08. The fourth-order valence-corrected chi connectivity index (χ4v) is 4.69. The predicted molar refractivity (Wildman–Crippen MR) is 85.7 cm³/mol. The van der Waals surface area contributed by atoms with Crippen LogP contribution in [0.1, 0.15) is 18.4 Å². The lowest BCUT2D eigenvalue weighted by molar-refractivity contribution is 0.0979. The summed E-state index contributed by atoms with van der Waals surface area (Å²) in [7, 11) is -0.0455. The van der Waals surface area contributed by atoms with E-state index in [4.69, 9.17) is 4.74 Å². The Hall–Kier alpha value is -0.470. The molecule has 5 nitrogen and oxygen atoms in total. The van der Waals surface area contributed by atoms with E-state index in [1.54, 1.807) is 13.1 Å². The van der Waals surface area contributed by atoms with E-state index in [-0.39, 0.29) is 6.10 Å². The Kier molecular flexibility index (Phi) is 5.79. The van der Waals surface area contributed by atoms with E-state index in [1.807, 2.05) is 19.2 Å². The highest BCUT2D eigenvalue weighted by Gasteiger charge is 2.27. The average molecular weight is 377 g/mol. The van der Waals surface area contributed by atoms with Crippen molar-refractivity contribution in [2.24, 2.45) is 0 Å². The SMILES string of the molecule is CNCc1ccc(S(=O)(=O)N(C)CC2CCCO2)c(Br)c1. The third kappa shape index (κ3) is 4.04. The lowest BCUT2D eigenvalue weighted by Gasteiger charge is -2.21. The molecule has 1 fully saturated rings. The number of nitrogens with one attached hydrogen (secondary N) is 1. The van der Waals surface area contributed by atoms with Gasteiger partial charge in [0.05, 0.1) is 11.0 Å². The Labute approximate surface area is 134 Å². The van der Waals surface area contributed by atoms with Crippen molar-refractivity contribution < 1.29 is 13.2 Å². The monoisotopic (exact) mass is 376 g/mol. The molecule has 0 spiro atoms. The second kappa shape index (κ2) is 7.19. The summed E-state index contributed by atoms with van der Waals surface area (Å²) in [6.07, 6.45) is 1.93. The van der Waals surface area contributed by atoms with E-state index < -0.39 is 10.0 Å². The van der Waals surface area contributed by atoms with Crippen molar-refractivity contribution in [2.75, 3.05) is 27.2 Å². The number of halogens is 1. The van der Waals surface area contributed by atoms with E-state index >= 15 is 0 Å². The molecule has 118 valence electrons. The van der Waals surface area contributed by atoms with Crippen molar-refractivity contribution in [3.63, 3.8) is 0 Å². The van der Waals surface area contributed by atoms with Gasteiger partial charge >= 0.3 is 0 Å². The summed E-state index contributed by atoms with van der Waals surface area (Å²) in [5.41, 5.74) is 1.03. The topological polar surface area (TPSA) is 58.6 Å². The molecule has 1 aromatic carbocycles. The molecule has 21 heavy (non-hydrogen) atoms. The van der Waals surface area contributed by atoms with Crippen LogP contribution in [0.15, 0.2) is 27.6 Å². The fourth-order valence-electron chi connectivity index (χ4n) is 2.41. The van der Waals surface area contributed by atoms with Crippen LogP contribution >= 0.6 is 15.9 Å².